The van der Waals surface area contributed by atoms with Crippen molar-refractivity contribution in [1.29, 1.82) is 0 Å². The molecule has 0 bridgehead atoms. The Kier molecular flexibility index (Phi) is 6.83. The number of hydrogen-bond donors (Lipinski definition) is 0. The van der Waals surface area contributed by atoms with E-state index in [1.807, 2.05) is 6.07 Å². The second-order valence-electron chi connectivity index (χ2n) is 13.6. The van der Waals surface area contributed by atoms with Gasteiger partial charge in [-0.1, -0.05) is 146 Å². The number of para-hydroxylation sites is 1. The van der Waals surface area contributed by atoms with Gasteiger partial charge in [-0.2, -0.15) is 0 Å². The summed E-state index contributed by atoms with van der Waals surface area (Å²) >= 11 is 0. The molecule has 0 N–H and O–H groups in total. The van der Waals surface area contributed by atoms with Crippen molar-refractivity contribution >= 4 is 28.6 Å². The molecule has 0 aliphatic heterocycles. The fourth-order valence-electron chi connectivity index (χ4n) is 8.52. The Bertz CT molecular complexity index is 2610. The SMILES string of the molecule is C1=CC(c2cc(-c3ccccc3)nc(-c3cccc(-n4c5c(c6ccccc64)=CC4c6ccccc6C(c6ccccc6)C4C=5)c3)n2)=CCC1. The van der Waals surface area contributed by atoms with E-state index in [4.69, 9.17) is 9.97 Å². The predicted molar refractivity (Wildman–Crippen MR) is 205 cm³/mol. The van der Waals surface area contributed by atoms with E-state index < -0.39 is 0 Å². The number of rotatable bonds is 5. The van der Waals surface area contributed by atoms with E-state index in [0.29, 0.717) is 17.8 Å². The molecule has 3 atom stereocenters. The van der Waals surface area contributed by atoms with Crippen LogP contribution in [-0.4, -0.2) is 14.5 Å². The molecule has 3 heteroatoms. The maximum Gasteiger partial charge on any atom is 0.160 e. The summed E-state index contributed by atoms with van der Waals surface area (Å²) in [5.74, 6) is 1.68. The minimum Gasteiger partial charge on any atom is -0.310 e. The van der Waals surface area contributed by atoms with Gasteiger partial charge in [-0.3, -0.25) is 0 Å². The van der Waals surface area contributed by atoms with Crippen LogP contribution in [0.3, 0.4) is 0 Å². The van der Waals surface area contributed by atoms with E-state index in [2.05, 4.69) is 168 Å². The van der Waals surface area contributed by atoms with Crippen LogP contribution in [0.1, 0.15) is 47.1 Å². The number of fused-ring (bicyclic) bond motifs is 6. The summed E-state index contributed by atoms with van der Waals surface area (Å²) < 4.78 is 2.46. The van der Waals surface area contributed by atoms with E-state index in [-0.39, 0.29) is 0 Å². The van der Waals surface area contributed by atoms with Crippen LogP contribution < -0.4 is 10.6 Å². The summed E-state index contributed by atoms with van der Waals surface area (Å²) in [6.07, 6.45) is 13.9. The largest absolute Gasteiger partial charge is 0.310 e. The molecule has 238 valence electrons. The quantitative estimate of drug-likeness (QED) is 0.187. The summed E-state index contributed by atoms with van der Waals surface area (Å²) in [4.78, 5) is 10.3. The first-order valence-corrected chi connectivity index (χ1v) is 17.7. The average Bonchev–Trinajstić information content (AvgIpc) is 3.70. The molecule has 0 fully saturated rings. The van der Waals surface area contributed by atoms with Gasteiger partial charge >= 0.3 is 0 Å². The Balaban J connectivity index is 1.16. The molecule has 0 saturated carbocycles. The molecule has 50 heavy (non-hydrogen) atoms. The van der Waals surface area contributed by atoms with Crippen LogP contribution in [0.25, 0.3) is 57.0 Å². The van der Waals surface area contributed by atoms with Crippen molar-refractivity contribution in [3.05, 3.63) is 191 Å². The van der Waals surface area contributed by atoms with E-state index in [1.165, 1.54) is 38.2 Å². The lowest BCUT2D eigenvalue weighted by atomic mass is 9.80. The van der Waals surface area contributed by atoms with Gasteiger partial charge in [0.2, 0.25) is 0 Å². The zero-order chi connectivity index (χ0) is 33.0. The van der Waals surface area contributed by atoms with Crippen LogP contribution in [0.15, 0.2) is 158 Å². The molecule has 3 unspecified atom stereocenters. The molecule has 3 aliphatic carbocycles. The van der Waals surface area contributed by atoms with Crippen molar-refractivity contribution in [3.63, 3.8) is 0 Å². The number of aromatic nitrogens is 3. The Morgan fingerprint density at radius 1 is 0.600 bits per heavy atom. The molecule has 0 radical (unpaired) electrons. The average molecular weight is 642 g/mol. The van der Waals surface area contributed by atoms with Gasteiger partial charge in [-0.25, -0.2) is 9.97 Å². The van der Waals surface area contributed by atoms with Crippen LogP contribution in [0.5, 0.6) is 0 Å². The monoisotopic (exact) mass is 641 g/mol. The lowest BCUT2D eigenvalue weighted by Gasteiger charge is -2.23. The van der Waals surface area contributed by atoms with Gasteiger partial charge in [0.1, 0.15) is 0 Å². The van der Waals surface area contributed by atoms with Crippen molar-refractivity contribution in [2.45, 2.75) is 24.7 Å². The van der Waals surface area contributed by atoms with Crippen LogP contribution in [0.2, 0.25) is 0 Å². The van der Waals surface area contributed by atoms with E-state index in [1.54, 1.807) is 0 Å². The third kappa shape index (κ3) is 4.73. The summed E-state index contributed by atoms with van der Waals surface area (Å²) in [6, 6.07) is 50.3. The summed E-state index contributed by atoms with van der Waals surface area (Å²) in [6.45, 7) is 0. The molecule has 5 aromatic carbocycles. The van der Waals surface area contributed by atoms with E-state index in [9.17, 15) is 0 Å². The van der Waals surface area contributed by atoms with Crippen molar-refractivity contribution in [1.82, 2.24) is 14.5 Å². The maximum atomic E-state index is 5.18. The molecular formula is C47H35N3. The van der Waals surface area contributed by atoms with Gasteiger partial charge in [-0.05, 0) is 59.4 Å². The number of hydrogen-bond acceptors (Lipinski definition) is 2. The molecule has 10 rings (SSSR count). The van der Waals surface area contributed by atoms with Gasteiger partial charge in [-0.15, -0.1) is 0 Å². The molecule has 7 aromatic rings. The smallest absolute Gasteiger partial charge is 0.160 e. The normalized spacial score (nSPS) is 18.8. The highest BCUT2D eigenvalue weighted by Gasteiger charge is 2.40. The fraction of sp³-hybridized carbons (Fsp3) is 0.106. The highest BCUT2D eigenvalue weighted by Crippen LogP contribution is 2.51. The maximum absolute atomic E-state index is 5.18. The first-order valence-electron chi connectivity index (χ1n) is 17.7. The van der Waals surface area contributed by atoms with E-state index >= 15 is 0 Å². The zero-order valence-electron chi connectivity index (χ0n) is 27.7. The van der Waals surface area contributed by atoms with Crippen LogP contribution in [0.4, 0.5) is 0 Å². The molecule has 3 aliphatic rings. The third-order valence-electron chi connectivity index (χ3n) is 10.7. The first-order chi connectivity index (χ1) is 24.8. The standard InChI is InChI=1S/C47H35N3/c1-4-15-31(16-5-1)42-30-43(32-17-6-2-7-18-32)49-47(48-42)34-21-14-22-35(27-34)50-44-26-13-12-24-37(44)40-28-39-36-23-10-11-25-38(36)46(41(39)29-45(40)50)33-19-8-3-9-20-33/h1,3-6,8-30,39,41,46H,2,7H2. The molecule has 0 spiro atoms. The molecule has 2 aromatic heterocycles. The van der Waals surface area contributed by atoms with Crippen LogP contribution in [0, 0.1) is 5.92 Å². The topological polar surface area (TPSA) is 30.7 Å². The van der Waals surface area contributed by atoms with Crippen molar-refractivity contribution in [2.24, 2.45) is 5.92 Å². The number of benzene rings is 5. The lowest BCUT2D eigenvalue weighted by Crippen LogP contribution is -2.34. The van der Waals surface area contributed by atoms with Gasteiger partial charge in [0.05, 0.1) is 22.3 Å². The molecular weight excluding hydrogens is 607 g/mol. The summed E-state index contributed by atoms with van der Waals surface area (Å²) in [5, 5.41) is 3.86. The molecule has 0 saturated heterocycles. The second-order valence-corrected chi connectivity index (χ2v) is 13.6. The highest BCUT2D eigenvalue weighted by atomic mass is 15.0. The van der Waals surface area contributed by atoms with Gasteiger partial charge < -0.3 is 4.57 Å². The number of nitrogens with zero attached hydrogens (tertiary/aromatic N) is 3. The predicted octanol–water partition coefficient (Wildman–Crippen LogP) is 9.61. The fourth-order valence-corrected chi connectivity index (χ4v) is 8.52. The molecule has 2 heterocycles. The summed E-state index contributed by atoms with van der Waals surface area (Å²) in [5.41, 5.74) is 11.7. The summed E-state index contributed by atoms with van der Waals surface area (Å²) in [7, 11) is 0. The Hall–Kier alpha value is -6.06. The lowest BCUT2D eigenvalue weighted by molar-refractivity contribution is 0.611. The van der Waals surface area contributed by atoms with Crippen molar-refractivity contribution < 1.29 is 0 Å². The zero-order valence-corrected chi connectivity index (χ0v) is 27.7. The van der Waals surface area contributed by atoms with Crippen molar-refractivity contribution in [3.8, 4) is 28.3 Å². The highest BCUT2D eigenvalue weighted by molar-refractivity contribution is 5.86. The number of allylic oxidation sites excluding steroid dienone is 4. The Morgan fingerprint density at radius 3 is 2.18 bits per heavy atom. The van der Waals surface area contributed by atoms with Crippen LogP contribution in [-0.2, 0) is 0 Å². The van der Waals surface area contributed by atoms with Gasteiger partial charge in [0, 0.05) is 45.2 Å². The van der Waals surface area contributed by atoms with Gasteiger partial charge in [0.25, 0.3) is 0 Å². The molecule has 3 nitrogen and oxygen atoms in total. The minimum atomic E-state index is 0.301. The van der Waals surface area contributed by atoms with Gasteiger partial charge in [0.15, 0.2) is 5.82 Å². The Labute approximate surface area is 291 Å². The second kappa shape index (κ2) is 11.8. The molecule has 0 amide bonds. The van der Waals surface area contributed by atoms with Crippen molar-refractivity contribution in [2.75, 3.05) is 0 Å². The minimum absolute atomic E-state index is 0.301. The first kappa shape index (κ1) is 28.9. The Morgan fingerprint density at radius 2 is 1.34 bits per heavy atom. The van der Waals surface area contributed by atoms with E-state index in [0.717, 1.165) is 52.4 Å². The van der Waals surface area contributed by atoms with Crippen LogP contribution >= 0.6 is 0 Å². The third-order valence-corrected chi connectivity index (χ3v) is 10.7.